The van der Waals surface area contributed by atoms with Gasteiger partial charge in [-0.1, -0.05) is 6.92 Å². The molecule has 0 aromatic carbocycles. The minimum absolute atomic E-state index is 0.584. The molecule has 1 fully saturated rings. The summed E-state index contributed by atoms with van der Waals surface area (Å²) < 4.78 is 5.11. The second kappa shape index (κ2) is 3.81. The highest BCUT2D eigenvalue weighted by Crippen LogP contribution is 2.42. The van der Waals surface area contributed by atoms with Crippen molar-refractivity contribution in [2.75, 3.05) is 7.11 Å². The molecule has 3 heteroatoms. The minimum Gasteiger partial charge on any atom is -0.495 e. The van der Waals surface area contributed by atoms with Crippen LogP contribution in [0.1, 0.15) is 31.7 Å². The molecule has 1 aliphatic rings. The average Bonchev–Trinajstić information content (AvgIpc) is 2.60. The molecule has 2 atom stereocenters. The lowest BCUT2D eigenvalue weighted by atomic mass is 9.92. The molecule has 1 aromatic heterocycles. The molecule has 82 valence electrons. The van der Waals surface area contributed by atoms with E-state index in [1.54, 1.807) is 19.5 Å². The van der Waals surface area contributed by atoms with E-state index in [0.717, 1.165) is 24.8 Å². The summed E-state index contributed by atoms with van der Waals surface area (Å²) in [5.41, 5.74) is 0.187. The van der Waals surface area contributed by atoms with Gasteiger partial charge in [0.15, 0.2) is 0 Å². The van der Waals surface area contributed by atoms with Crippen LogP contribution in [0, 0.1) is 5.92 Å². The first-order valence-electron chi connectivity index (χ1n) is 5.36. The van der Waals surface area contributed by atoms with Gasteiger partial charge in [0.05, 0.1) is 18.9 Å². The molecule has 0 bridgehead atoms. The summed E-state index contributed by atoms with van der Waals surface area (Å²) in [5, 5.41) is 10.5. The largest absolute Gasteiger partial charge is 0.495 e. The molecule has 1 aromatic rings. The second-order valence-corrected chi connectivity index (χ2v) is 4.49. The van der Waals surface area contributed by atoms with Crippen LogP contribution in [0.2, 0.25) is 0 Å². The number of hydrogen-bond acceptors (Lipinski definition) is 3. The Hall–Kier alpha value is -1.09. The van der Waals surface area contributed by atoms with E-state index in [4.69, 9.17) is 4.74 Å². The van der Waals surface area contributed by atoms with Gasteiger partial charge in [-0.3, -0.25) is 4.98 Å². The molecule has 0 radical (unpaired) electrons. The summed E-state index contributed by atoms with van der Waals surface area (Å²) in [7, 11) is 1.61. The van der Waals surface area contributed by atoms with Crippen LogP contribution >= 0.6 is 0 Å². The third kappa shape index (κ3) is 1.97. The summed E-state index contributed by atoms with van der Waals surface area (Å²) in [4.78, 5) is 4.09. The van der Waals surface area contributed by atoms with E-state index in [-0.39, 0.29) is 0 Å². The maximum Gasteiger partial charge on any atom is 0.137 e. The molecule has 0 amide bonds. The highest BCUT2D eigenvalue weighted by atomic mass is 16.5. The summed E-state index contributed by atoms with van der Waals surface area (Å²) in [5.74, 6) is 1.29. The van der Waals surface area contributed by atoms with Crippen LogP contribution < -0.4 is 4.74 Å². The first-order chi connectivity index (χ1) is 7.14. The summed E-state index contributed by atoms with van der Waals surface area (Å²) >= 11 is 0. The predicted octanol–water partition coefficient (Wildman–Crippen LogP) is 2.10. The number of aliphatic hydroxyl groups is 1. The van der Waals surface area contributed by atoms with Crippen molar-refractivity contribution < 1.29 is 9.84 Å². The molecular weight excluding hydrogens is 190 g/mol. The van der Waals surface area contributed by atoms with Gasteiger partial charge in [0, 0.05) is 11.8 Å². The lowest BCUT2D eigenvalue weighted by molar-refractivity contribution is 0.0402. The van der Waals surface area contributed by atoms with Crippen LogP contribution in [0.25, 0.3) is 0 Å². The van der Waals surface area contributed by atoms with E-state index in [0.29, 0.717) is 11.7 Å². The molecule has 1 heterocycles. The second-order valence-electron chi connectivity index (χ2n) is 4.49. The fourth-order valence-electron chi connectivity index (χ4n) is 2.31. The van der Waals surface area contributed by atoms with Crippen LogP contribution in [0.3, 0.4) is 0 Å². The Morgan fingerprint density at radius 2 is 2.33 bits per heavy atom. The first-order valence-corrected chi connectivity index (χ1v) is 5.36. The van der Waals surface area contributed by atoms with E-state index in [1.165, 1.54) is 0 Å². The number of rotatable bonds is 2. The maximum atomic E-state index is 10.5. The molecule has 0 aliphatic heterocycles. The Morgan fingerprint density at radius 3 is 2.93 bits per heavy atom. The number of methoxy groups -OCH3 is 1. The SMILES string of the molecule is COc1cncc(C2(O)CCC(C)C2)c1. The van der Waals surface area contributed by atoms with Crippen molar-refractivity contribution in [1.82, 2.24) is 4.98 Å². The third-order valence-electron chi connectivity index (χ3n) is 3.22. The van der Waals surface area contributed by atoms with Gasteiger partial charge in [-0.05, 0) is 31.2 Å². The summed E-state index contributed by atoms with van der Waals surface area (Å²) in [6, 6.07) is 1.88. The lowest BCUT2D eigenvalue weighted by Crippen LogP contribution is -2.21. The lowest BCUT2D eigenvalue weighted by Gasteiger charge is -2.23. The standard InChI is InChI=1S/C12H17NO2/c1-9-3-4-12(14,6-9)10-5-11(15-2)8-13-7-10/h5,7-9,14H,3-4,6H2,1-2H3. The Labute approximate surface area is 90.1 Å². The third-order valence-corrected chi connectivity index (χ3v) is 3.22. The van der Waals surface area contributed by atoms with Crippen molar-refractivity contribution in [2.24, 2.45) is 5.92 Å². The van der Waals surface area contributed by atoms with Crippen molar-refractivity contribution >= 4 is 0 Å². The van der Waals surface area contributed by atoms with Crippen molar-refractivity contribution in [2.45, 2.75) is 31.8 Å². The van der Waals surface area contributed by atoms with Gasteiger partial charge in [0.25, 0.3) is 0 Å². The molecule has 2 rings (SSSR count). The average molecular weight is 207 g/mol. The minimum atomic E-state index is -0.693. The molecule has 1 saturated carbocycles. The molecule has 0 saturated heterocycles. The van der Waals surface area contributed by atoms with Crippen LogP contribution in [0.15, 0.2) is 18.5 Å². The fourth-order valence-corrected chi connectivity index (χ4v) is 2.31. The summed E-state index contributed by atoms with van der Waals surface area (Å²) in [6.07, 6.45) is 6.12. The summed E-state index contributed by atoms with van der Waals surface area (Å²) in [6.45, 7) is 2.17. The van der Waals surface area contributed by atoms with Gasteiger partial charge in [-0.25, -0.2) is 0 Å². The zero-order valence-corrected chi connectivity index (χ0v) is 9.23. The Bertz CT molecular complexity index is 353. The van der Waals surface area contributed by atoms with Gasteiger partial charge in [0.1, 0.15) is 5.75 Å². The number of ether oxygens (including phenoxy) is 1. The van der Waals surface area contributed by atoms with Crippen LogP contribution in [-0.2, 0) is 5.60 Å². The van der Waals surface area contributed by atoms with Crippen molar-refractivity contribution in [3.05, 3.63) is 24.0 Å². The van der Waals surface area contributed by atoms with E-state index in [9.17, 15) is 5.11 Å². The molecule has 15 heavy (non-hydrogen) atoms. The quantitative estimate of drug-likeness (QED) is 0.807. The topological polar surface area (TPSA) is 42.4 Å². The Morgan fingerprint density at radius 1 is 1.53 bits per heavy atom. The maximum absolute atomic E-state index is 10.5. The van der Waals surface area contributed by atoms with Crippen molar-refractivity contribution in [3.63, 3.8) is 0 Å². The molecule has 1 N–H and O–H groups in total. The zero-order chi connectivity index (χ0) is 10.9. The molecule has 2 unspecified atom stereocenters. The highest BCUT2D eigenvalue weighted by Gasteiger charge is 2.37. The number of aromatic nitrogens is 1. The van der Waals surface area contributed by atoms with E-state index < -0.39 is 5.60 Å². The molecule has 0 spiro atoms. The van der Waals surface area contributed by atoms with Gasteiger partial charge in [-0.15, -0.1) is 0 Å². The fraction of sp³-hybridized carbons (Fsp3) is 0.583. The van der Waals surface area contributed by atoms with Gasteiger partial charge in [-0.2, -0.15) is 0 Å². The van der Waals surface area contributed by atoms with E-state index >= 15 is 0 Å². The van der Waals surface area contributed by atoms with E-state index in [2.05, 4.69) is 11.9 Å². The molecule has 1 aliphatic carbocycles. The van der Waals surface area contributed by atoms with Gasteiger partial charge >= 0.3 is 0 Å². The van der Waals surface area contributed by atoms with Crippen LogP contribution in [0.4, 0.5) is 0 Å². The van der Waals surface area contributed by atoms with Crippen LogP contribution in [0.5, 0.6) is 5.75 Å². The van der Waals surface area contributed by atoms with Gasteiger partial charge < -0.3 is 9.84 Å². The number of nitrogens with zero attached hydrogens (tertiary/aromatic N) is 1. The van der Waals surface area contributed by atoms with Crippen molar-refractivity contribution in [1.29, 1.82) is 0 Å². The zero-order valence-electron chi connectivity index (χ0n) is 9.23. The van der Waals surface area contributed by atoms with E-state index in [1.807, 2.05) is 6.07 Å². The number of pyridine rings is 1. The smallest absolute Gasteiger partial charge is 0.137 e. The van der Waals surface area contributed by atoms with Gasteiger partial charge in [0.2, 0.25) is 0 Å². The number of hydrogen-bond donors (Lipinski definition) is 1. The normalized spacial score (nSPS) is 30.5. The van der Waals surface area contributed by atoms with Crippen LogP contribution in [-0.4, -0.2) is 17.2 Å². The highest BCUT2D eigenvalue weighted by molar-refractivity contribution is 5.28. The van der Waals surface area contributed by atoms with Crippen molar-refractivity contribution in [3.8, 4) is 5.75 Å². The predicted molar refractivity (Wildman–Crippen MR) is 57.7 cm³/mol. The Balaban J connectivity index is 2.28. The molecule has 3 nitrogen and oxygen atoms in total. The Kier molecular flexibility index (Phi) is 2.65. The molecular formula is C12H17NO2. The monoisotopic (exact) mass is 207 g/mol. The first kappa shape index (κ1) is 10.4.